The van der Waals surface area contributed by atoms with Crippen molar-refractivity contribution in [3.05, 3.63) is 15.9 Å². The number of aromatic nitrogens is 2. The largest absolute Gasteiger partial charge is 0.378 e. The van der Waals surface area contributed by atoms with E-state index in [1.54, 1.807) is 0 Å². The lowest BCUT2D eigenvalue weighted by molar-refractivity contribution is -0.0122. The smallest absolute Gasteiger partial charge is 0.0739 e. The van der Waals surface area contributed by atoms with Gasteiger partial charge in [0.1, 0.15) is 0 Å². The maximum atomic E-state index is 5.68. The predicted octanol–water partition coefficient (Wildman–Crippen LogP) is 1.93. The molecule has 1 aromatic heterocycles. The standard InChI is InChI=1S/C15H25BrN4O/c1-3-20-14(15(16)11(2)18-20)9-19-6-7-21-10-13(19)8-17-12-4-5-12/h12-13,17H,3-10H2,1-2H3. The van der Waals surface area contributed by atoms with Crippen molar-refractivity contribution in [2.75, 3.05) is 26.3 Å². The second-order valence-electron chi connectivity index (χ2n) is 6.04. The van der Waals surface area contributed by atoms with Crippen molar-refractivity contribution in [1.82, 2.24) is 20.0 Å². The minimum Gasteiger partial charge on any atom is -0.378 e. The van der Waals surface area contributed by atoms with Gasteiger partial charge in [-0.05, 0) is 42.6 Å². The van der Waals surface area contributed by atoms with E-state index in [1.807, 2.05) is 0 Å². The van der Waals surface area contributed by atoms with E-state index in [1.165, 1.54) is 18.5 Å². The van der Waals surface area contributed by atoms with E-state index in [0.29, 0.717) is 6.04 Å². The van der Waals surface area contributed by atoms with Crippen LogP contribution in [-0.4, -0.2) is 53.1 Å². The van der Waals surface area contributed by atoms with Crippen molar-refractivity contribution in [2.24, 2.45) is 0 Å². The molecule has 0 amide bonds. The van der Waals surface area contributed by atoms with Gasteiger partial charge in [-0.15, -0.1) is 0 Å². The molecule has 2 aliphatic rings. The summed E-state index contributed by atoms with van der Waals surface area (Å²) in [6.07, 6.45) is 2.67. The van der Waals surface area contributed by atoms with Gasteiger partial charge in [-0.2, -0.15) is 5.10 Å². The van der Waals surface area contributed by atoms with Gasteiger partial charge >= 0.3 is 0 Å². The topological polar surface area (TPSA) is 42.3 Å². The monoisotopic (exact) mass is 356 g/mol. The molecule has 118 valence electrons. The van der Waals surface area contributed by atoms with E-state index in [-0.39, 0.29) is 0 Å². The van der Waals surface area contributed by atoms with Gasteiger partial charge < -0.3 is 10.1 Å². The van der Waals surface area contributed by atoms with Crippen molar-refractivity contribution in [3.63, 3.8) is 0 Å². The third kappa shape index (κ3) is 3.67. The van der Waals surface area contributed by atoms with Crippen molar-refractivity contribution < 1.29 is 4.74 Å². The van der Waals surface area contributed by atoms with E-state index >= 15 is 0 Å². The lowest BCUT2D eigenvalue weighted by atomic mass is 10.2. The zero-order valence-corrected chi connectivity index (χ0v) is 14.5. The van der Waals surface area contributed by atoms with Gasteiger partial charge in [-0.25, -0.2) is 0 Å². The van der Waals surface area contributed by atoms with Crippen molar-refractivity contribution in [1.29, 1.82) is 0 Å². The second kappa shape index (κ2) is 6.77. The Morgan fingerprint density at radius 3 is 2.95 bits per heavy atom. The first-order chi connectivity index (χ1) is 10.2. The summed E-state index contributed by atoms with van der Waals surface area (Å²) in [6.45, 7) is 9.75. The summed E-state index contributed by atoms with van der Waals surface area (Å²) in [5.74, 6) is 0. The number of nitrogens with one attached hydrogen (secondary N) is 1. The van der Waals surface area contributed by atoms with Crippen LogP contribution in [0.2, 0.25) is 0 Å². The zero-order valence-electron chi connectivity index (χ0n) is 12.9. The van der Waals surface area contributed by atoms with Gasteiger partial charge in [-0.3, -0.25) is 9.58 Å². The van der Waals surface area contributed by atoms with Crippen LogP contribution in [0.25, 0.3) is 0 Å². The number of ether oxygens (including phenoxy) is 1. The highest BCUT2D eigenvalue weighted by molar-refractivity contribution is 9.10. The molecule has 1 aliphatic carbocycles. The molecule has 2 heterocycles. The van der Waals surface area contributed by atoms with Crippen LogP contribution in [-0.2, 0) is 17.8 Å². The van der Waals surface area contributed by atoms with E-state index in [2.05, 4.69) is 49.8 Å². The number of halogens is 1. The average Bonchev–Trinajstić information content (AvgIpc) is 3.28. The summed E-state index contributed by atoms with van der Waals surface area (Å²) in [4.78, 5) is 2.53. The Morgan fingerprint density at radius 2 is 2.24 bits per heavy atom. The van der Waals surface area contributed by atoms with Crippen molar-refractivity contribution >= 4 is 15.9 Å². The Bertz CT molecular complexity index is 486. The van der Waals surface area contributed by atoms with Crippen molar-refractivity contribution in [2.45, 2.75) is 51.9 Å². The van der Waals surface area contributed by atoms with Crippen LogP contribution in [0, 0.1) is 6.92 Å². The minimum atomic E-state index is 0.465. The zero-order chi connectivity index (χ0) is 14.8. The molecule has 0 spiro atoms. The molecular weight excluding hydrogens is 332 g/mol. The molecule has 2 fully saturated rings. The maximum absolute atomic E-state index is 5.68. The van der Waals surface area contributed by atoms with Gasteiger partial charge in [-0.1, -0.05) is 0 Å². The molecule has 1 aromatic rings. The fraction of sp³-hybridized carbons (Fsp3) is 0.800. The van der Waals surface area contributed by atoms with Crippen LogP contribution in [0.4, 0.5) is 0 Å². The molecule has 1 atom stereocenters. The Morgan fingerprint density at radius 1 is 1.43 bits per heavy atom. The molecule has 1 unspecified atom stereocenters. The number of hydrogen-bond donors (Lipinski definition) is 1. The molecule has 1 saturated heterocycles. The minimum absolute atomic E-state index is 0.465. The molecule has 1 aliphatic heterocycles. The van der Waals surface area contributed by atoms with Crippen LogP contribution in [0.1, 0.15) is 31.2 Å². The summed E-state index contributed by atoms with van der Waals surface area (Å²) in [5, 5.41) is 8.23. The van der Waals surface area contributed by atoms with Crippen LogP contribution in [0.15, 0.2) is 4.47 Å². The summed E-state index contributed by atoms with van der Waals surface area (Å²) < 4.78 is 8.95. The number of morpholine rings is 1. The highest BCUT2D eigenvalue weighted by atomic mass is 79.9. The van der Waals surface area contributed by atoms with Gasteiger partial charge in [0.2, 0.25) is 0 Å². The number of nitrogens with zero attached hydrogens (tertiary/aromatic N) is 3. The third-order valence-electron chi connectivity index (χ3n) is 4.37. The first-order valence-corrected chi connectivity index (χ1v) is 8.75. The Hall–Kier alpha value is -0.430. The number of hydrogen-bond acceptors (Lipinski definition) is 4. The molecule has 0 aromatic carbocycles. The first-order valence-electron chi connectivity index (χ1n) is 7.96. The number of rotatable bonds is 6. The SMILES string of the molecule is CCn1nc(C)c(Br)c1CN1CCOCC1CNC1CC1. The Labute approximate surface area is 135 Å². The molecule has 1 saturated carbocycles. The molecule has 0 bridgehead atoms. The average molecular weight is 357 g/mol. The van der Waals surface area contributed by atoms with Gasteiger partial charge in [0.05, 0.1) is 29.1 Å². The molecule has 1 N–H and O–H groups in total. The summed E-state index contributed by atoms with van der Waals surface area (Å²) in [7, 11) is 0. The quantitative estimate of drug-likeness (QED) is 0.845. The second-order valence-corrected chi connectivity index (χ2v) is 6.84. The Balaban J connectivity index is 1.68. The molecule has 21 heavy (non-hydrogen) atoms. The van der Waals surface area contributed by atoms with Gasteiger partial charge in [0.15, 0.2) is 0 Å². The Kier molecular flexibility index (Phi) is 4.99. The van der Waals surface area contributed by atoms with E-state index in [0.717, 1.165) is 55.6 Å². The summed E-state index contributed by atoms with van der Waals surface area (Å²) in [6, 6.07) is 1.22. The fourth-order valence-corrected chi connectivity index (χ4v) is 3.30. The third-order valence-corrected chi connectivity index (χ3v) is 5.41. The van der Waals surface area contributed by atoms with Gasteiger partial charge in [0.25, 0.3) is 0 Å². The van der Waals surface area contributed by atoms with Crippen LogP contribution < -0.4 is 5.32 Å². The van der Waals surface area contributed by atoms with E-state index < -0.39 is 0 Å². The lowest BCUT2D eigenvalue weighted by Gasteiger charge is -2.35. The van der Waals surface area contributed by atoms with Crippen molar-refractivity contribution in [3.8, 4) is 0 Å². The van der Waals surface area contributed by atoms with E-state index in [4.69, 9.17) is 4.74 Å². The molecular formula is C15H25BrN4O. The highest BCUT2D eigenvalue weighted by Gasteiger charge is 2.28. The normalized spacial score (nSPS) is 23.7. The molecule has 6 heteroatoms. The molecule has 5 nitrogen and oxygen atoms in total. The molecule has 3 rings (SSSR count). The maximum Gasteiger partial charge on any atom is 0.0739 e. The fourth-order valence-electron chi connectivity index (χ4n) is 2.89. The van der Waals surface area contributed by atoms with E-state index in [9.17, 15) is 0 Å². The van der Waals surface area contributed by atoms with Crippen LogP contribution >= 0.6 is 15.9 Å². The van der Waals surface area contributed by atoms with Crippen LogP contribution in [0.3, 0.4) is 0 Å². The van der Waals surface area contributed by atoms with Gasteiger partial charge in [0, 0.05) is 38.3 Å². The predicted molar refractivity (Wildman–Crippen MR) is 86.4 cm³/mol. The summed E-state index contributed by atoms with van der Waals surface area (Å²) in [5.41, 5.74) is 2.36. The number of aryl methyl sites for hydroxylation is 2. The summed E-state index contributed by atoms with van der Waals surface area (Å²) >= 11 is 3.70. The van der Waals surface area contributed by atoms with Crippen LogP contribution in [0.5, 0.6) is 0 Å². The first kappa shape index (κ1) is 15.5. The highest BCUT2D eigenvalue weighted by Crippen LogP contribution is 2.24. The lowest BCUT2D eigenvalue weighted by Crippen LogP contribution is -2.50. The molecule has 0 radical (unpaired) electrons.